The fourth-order valence-corrected chi connectivity index (χ4v) is 3.55. The van der Waals surface area contributed by atoms with Crippen LogP contribution in [0.3, 0.4) is 0 Å². The molecule has 5 nitrogen and oxygen atoms in total. The summed E-state index contributed by atoms with van der Waals surface area (Å²) in [6, 6.07) is 6.03. The number of nitrogens with zero attached hydrogens (tertiary/aromatic N) is 2. The molecule has 1 fully saturated rings. The molecule has 1 saturated heterocycles. The van der Waals surface area contributed by atoms with Gasteiger partial charge in [0.15, 0.2) is 0 Å². The van der Waals surface area contributed by atoms with Crippen molar-refractivity contribution in [3.63, 3.8) is 0 Å². The quantitative estimate of drug-likeness (QED) is 0.781. The molecule has 4 rings (SSSR count). The van der Waals surface area contributed by atoms with E-state index < -0.39 is 0 Å². The smallest absolute Gasteiger partial charge is 0.148 e. The minimum Gasteiger partial charge on any atom is -0.380 e. The largest absolute Gasteiger partial charge is 0.380 e. The second-order valence-corrected chi connectivity index (χ2v) is 6.76. The van der Waals surface area contributed by atoms with E-state index in [0.29, 0.717) is 5.46 Å². The molecule has 0 spiro atoms. The molecule has 23 heavy (non-hydrogen) atoms. The van der Waals surface area contributed by atoms with Crippen LogP contribution in [0.1, 0.15) is 25.8 Å². The van der Waals surface area contributed by atoms with Crippen LogP contribution in [0, 0.1) is 0 Å². The number of hydrogen-bond acceptors (Lipinski definition) is 5. The van der Waals surface area contributed by atoms with Gasteiger partial charge in [-0.1, -0.05) is 23.7 Å². The maximum absolute atomic E-state index is 6.19. The van der Waals surface area contributed by atoms with Crippen LogP contribution in [-0.2, 0) is 10.3 Å². The Bertz CT molecular complexity index is 754. The number of ether oxygens (including phenoxy) is 1. The van der Waals surface area contributed by atoms with Crippen molar-refractivity contribution in [1.29, 1.82) is 0 Å². The first kappa shape index (κ1) is 14.8. The molecule has 3 heterocycles. The monoisotopic (exact) mass is 308 g/mol. The minimum absolute atomic E-state index is 0.191. The minimum atomic E-state index is -0.191. The number of pyridine rings is 1. The third kappa shape index (κ3) is 2.37. The van der Waals surface area contributed by atoms with Crippen LogP contribution >= 0.6 is 0 Å². The van der Waals surface area contributed by atoms with E-state index in [1.807, 2.05) is 12.1 Å². The summed E-state index contributed by atoms with van der Waals surface area (Å²) in [4.78, 5) is 7.20. The number of nitrogens with one attached hydrogen (secondary N) is 2. The molecule has 0 bridgehead atoms. The first-order valence-corrected chi connectivity index (χ1v) is 8.16. The molecular weight excluding hydrogens is 287 g/mol. The van der Waals surface area contributed by atoms with Gasteiger partial charge in [-0.05, 0) is 20.3 Å². The van der Waals surface area contributed by atoms with E-state index >= 15 is 0 Å². The Balaban J connectivity index is 2.01. The van der Waals surface area contributed by atoms with Gasteiger partial charge in [0.1, 0.15) is 13.7 Å². The van der Waals surface area contributed by atoms with Crippen molar-refractivity contribution in [2.75, 3.05) is 36.6 Å². The van der Waals surface area contributed by atoms with Gasteiger partial charge in [-0.3, -0.25) is 0 Å². The topological polar surface area (TPSA) is 49.4 Å². The highest BCUT2D eigenvalue weighted by molar-refractivity contribution is 6.38. The summed E-state index contributed by atoms with van der Waals surface area (Å²) in [5.41, 5.74) is 10.4. The molecule has 2 aliphatic rings. The van der Waals surface area contributed by atoms with E-state index in [9.17, 15) is 0 Å². The summed E-state index contributed by atoms with van der Waals surface area (Å²) in [6.45, 7) is 7.78. The molecule has 0 saturated carbocycles. The van der Waals surface area contributed by atoms with Crippen molar-refractivity contribution >= 4 is 35.7 Å². The first-order chi connectivity index (χ1) is 11.1. The molecule has 0 unspecified atom stereocenters. The molecule has 1 aromatic carbocycles. The van der Waals surface area contributed by atoms with Crippen LogP contribution < -0.4 is 21.2 Å². The highest BCUT2D eigenvalue weighted by Gasteiger charge is 2.36. The summed E-state index contributed by atoms with van der Waals surface area (Å²) < 4.78 is 5.64. The number of fused-ring (bicyclic) bond motifs is 2. The predicted octanol–water partition coefficient (Wildman–Crippen LogP) is 1.42. The van der Waals surface area contributed by atoms with Gasteiger partial charge in [-0.2, -0.15) is 0 Å². The molecule has 118 valence electrons. The standard InChI is InChI=1S/C17H21BN4O/c1-17(2)13-15(22-7-4-9-23-10-8-22)11-5-3-6-12(18)14(11)19-16(13)20-21-17/h3,5-6,21H,4,7-10H2,1-2H3,(H,19,20). The summed E-state index contributed by atoms with van der Waals surface area (Å²) in [6.07, 6.45) is 1.03. The van der Waals surface area contributed by atoms with Crippen LogP contribution in [-0.4, -0.2) is 39.1 Å². The number of para-hydroxylation sites is 1. The fourth-order valence-electron chi connectivity index (χ4n) is 3.55. The van der Waals surface area contributed by atoms with Crippen molar-refractivity contribution < 1.29 is 4.74 Å². The van der Waals surface area contributed by atoms with E-state index in [1.54, 1.807) is 0 Å². The second-order valence-electron chi connectivity index (χ2n) is 6.76. The molecule has 0 amide bonds. The zero-order valence-electron chi connectivity index (χ0n) is 13.6. The highest BCUT2D eigenvalue weighted by atomic mass is 16.5. The normalized spacial score (nSPS) is 20.2. The zero-order chi connectivity index (χ0) is 16.0. The summed E-state index contributed by atoms with van der Waals surface area (Å²) in [7, 11) is 6.19. The molecule has 0 aliphatic carbocycles. The SMILES string of the molecule is [B]c1cccc2c(N3CCCOCC3)c3c(nc12)NNC3(C)C. The van der Waals surface area contributed by atoms with E-state index in [0.717, 1.165) is 49.4 Å². The summed E-state index contributed by atoms with van der Waals surface area (Å²) in [5.74, 6) is 0.876. The zero-order valence-corrected chi connectivity index (χ0v) is 13.6. The number of aromatic nitrogens is 1. The lowest BCUT2D eigenvalue weighted by atomic mass is 9.88. The van der Waals surface area contributed by atoms with Crippen LogP contribution in [0.25, 0.3) is 10.9 Å². The van der Waals surface area contributed by atoms with Gasteiger partial charge in [-0.25, -0.2) is 10.4 Å². The summed E-state index contributed by atoms with van der Waals surface area (Å²) >= 11 is 0. The molecule has 2 aliphatic heterocycles. The van der Waals surface area contributed by atoms with Gasteiger partial charge in [0.05, 0.1) is 23.3 Å². The molecule has 6 heteroatoms. The van der Waals surface area contributed by atoms with Crippen LogP contribution in [0.2, 0.25) is 0 Å². The van der Waals surface area contributed by atoms with E-state index in [1.165, 1.54) is 11.3 Å². The van der Waals surface area contributed by atoms with Crippen LogP contribution in [0.4, 0.5) is 11.5 Å². The van der Waals surface area contributed by atoms with E-state index in [-0.39, 0.29) is 5.54 Å². The van der Waals surface area contributed by atoms with Crippen LogP contribution in [0.15, 0.2) is 18.2 Å². The first-order valence-electron chi connectivity index (χ1n) is 8.16. The third-order valence-electron chi connectivity index (χ3n) is 4.68. The lowest BCUT2D eigenvalue weighted by Gasteiger charge is -2.30. The fraction of sp³-hybridized carbons (Fsp3) is 0.471. The van der Waals surface area contributed by atoms with Crippen molar-refractivity contribution in [2.24, 2.45) is 0 Å². The molecule has 0 atom stereocenters. The Morgan fingerprint density at radius 3 is 3.00 bits per heavy atom. The van der Waals surface area contributed by atoms with E-state index in [2.05, 4.69) is 35.7 Å². The van der Waals surface area contributed by atoms with Gasteiger partial charge < -0.3 is 15.1 Å². The Morgan fingerprint density at radius 2 is 2.13 bits per heavy atom. The molecular formula is C17H21BN4O. The number of anilines is 2. The van der Waals surface area contributed by atoms with E-state index in [4.69, 9.17) is 17.6 Å². The Morgan fingerprint density at radius 1 is 1.26 bits per heavy atom. The van der Waals surface area contributed by atoms with Crippen LogP contribution in [0.5, 0.6) is 0 Å². The van der Waals surface area contributed by atoms with Crippen molar-refractivity contribution in [3.05, 3.63) is 23.8 Å². The summed E-state index contributed by atoms with van der Waals surface area (Å²) in [5, 5.41) is 1.12. The van der Waals surface area contributed by atoms with Crippen molar-refractivity contribution in [1.82, 2.24) is 10.4 Å². The number of benzene rings is 1. The van der Waals surface area contributed by atoms with Gasteiger partial charge in [-0.15, -0.1) is 0 Å². The van der Waals surface area contributed by atoms with Gasteiger partial charge in [0.25, 0.3) is 0 Å². The second kappa shape index (κ2) is 5.39. The molecule has 2 aromatic rings. The number of hydrogen-bond donors (Lipinski definition) is 2. The average Bonchev–Trinajstić information content (AvgIpc) is 2.71. The Kier molecular flexibility index (Phi) is 3.46. The maximum Gasteiger partial charge on any atom is 0.148 e. The average molecular weight is 308 g/mol. The Hall–Kier alpha value is -1.79. The lowest BCUT2D eigenvalue weighted by molar-refractivity contribution is 0.152. The lowest BCUT2D eigenvalue weighted by Crippen LogP contribution is -2.35. The molecule has 2 N–H and O–H groups in total. The predicted molar refractivity (Wildman–Crippen MR) is 94.6 cm³/mol. The highest BCUT2D eigenvalue weighted by Crippen LogP contribution is 2.43. The van der Waals surface area contributed by atoms with Gasteiger partial charge >= 0.3 is 0 Å². The molecule has 2 radical (unpaired) electrons. The third-order valence-corrected chi connectivity index (χ3v) is 4.68. The Labute approximate surface area is 137 Å². The number of hydrazine groups is 1. The van der Waals surface area contributed by atoms with Gasteiger partial charge in [0, 0.05) is 30.6 Å². The van der Waals surface area contributed by atoms with Gasteiger partial charge in [0.2, 0.25) is 0 Å². The molecule has 1 aromatic heterocycles. The van der Waals surface area contributed by atoms with Crippen molar-refractivity contribution in [3.8, 4) is 0 Å². The maximum atomic E-state index is 6.19. The number of rotatable bonds is 1. The van der Waals surface area contributed by atoms with Crippen molar-refractivity contribution in [2.45, 2.75) is 25.8 Å².